The molecule has 1 rings (SSSR count). The summed E-state index contributed by atoms with van der Waals surface area (Å²) in [6, 6.07) is 0.233. The minimum Gasteiger partial charge on any atom is -0.444 e. The molecule has 5 heteroatoms. The van der Waals surface area contributed by atoms with E-state index >= 15 is 0 Å². The number of amides is 1. The maximum Gasteiger partial charge on any atom is 0.410 e. The molecule has 0 aromatic heterocycles. The van der Waals surface area contributed by atoms with E-state index < -0.39 is 5.60 Å². The van der Waals surface area contributed by atoms with Gasteiger partial charge in [-0.3, -0.25) is 0 Å². The number of ether oxygens (including phenoxy) is 1. The second kappa shape index (κ2) is 5.69. The summed E-state index contributed by atoms with van der Waals surface area (Å²) in [5, 5.41) is 0. The van der Waals surface area contributed by atoms with Crippen LogP contribution in [-0.2, 0) is 9.57 Å². The Morgan fingerprint density at radius 1 is 1.24 bits per heavy atom. The van der Waals surface area contributed by atoms with Gasteiger partial charge in [0.2, 0.25) is 0 Å². The molecule has 100 valence electrons. The van der Waals surface area contributed by atoms with Gasteiger partial charge in [-0.15, -0.1) is 0 Å². The van der Waals surface area contributed by atoms with Crippen LogP contribution in [0.5, 0.6) is 0 Å². The third-order valence-corrected chi connectivity index (χ3v) is 3.07. The average molecular weight is 244 g/mol. The summed E-state index contributed by atoms with van der Waals surface area (Å²) < 4.78 is 5.34. The Bertz CT molecular complexity index is 255. The number of carbonyl (C=O) groups excluding carboxylic acids is 1. The van der Waals surface area contributed by atoms with Crippen molar-refractivity contribution >= 4 is 6.09 Å². The maximum absolute atomic E-state index is 11.9. The molecule has 0 saturated heterocycles. The van der Waals surface area contributed by atoms with Crippen LogP contribution in [-0.4, -0.2) is 35.8 Å². The smallest absolute Gasteiger partial charge is 0.410 e. The van der Waals surface area contributed by atoms with Crippen LogP contribution in [0.2, 0.25) is 0 Å². The first-order chi connectivity index (χ1) is 7.83. The fraction of sp³-hybridized carbons (Fsp3) is 0.917. The van der Waals surface area contributed by atoms with Gasteiger partial charge >= 0.3 is 6.09 Å². The summed E-state index contributed by atoms with van der Waals surface area (Å²) in [5.74, 6) is 5.16. The second-order valence-corrected chi connectivity index (χ2v) is 5.66. The quantitative estimate of drug-likeness (QED) is 0.755. The molecule has 0 unspecified atom stereocenters. The van der Waals surface area contributed by atoms with Crippen molar-refractivity contribution < 1.29 is 14.4 Å². The molecule has 1 saturated carbocycles. The van der Waals surface area contributed by atoms with Gasteiger partial charge in [0.05, 0.1) is 6.10 Å². The van der Waals surface area contributed by atoms with Crippen LogP contribution in [0, 0.1) is 0 Å². The van der Waals surface area contributed by atoms with Crippen LogP contribution >= 0.6 is 0 Å². The normalized spacial score (nSPS) is 25.5. The lowest BCUT2D eigenvalue weighted by atomic mass is 9.92. The molecule has 2 N–H and O–H groups in total. The van der Waals surface area contributed by atoms with Crippen LogP contribution in [0.1, 0.15) is 46.5 Å². The minimum atomic E-state index is -0.442. The Hall–Kier alpha value is -0.810. The Labute approximate surface area is 103 Å². The van der Waals surface area contributed by atoms with Crippen molar-refractivity contribution in [3.8, 4) is 0 Å². The number of nitrogens with two attached hydrogens (primary N) is 1. The zero-order chi connectivity index (χ0) is 13.1. The fourth-order valence-corrected chi connectivity index (χ4v) is 2.05. The number of hydrogen-bond donors (Lipinski definition) is 1. The van der Waals surface area contributed by atoms with Crippen LogP contribution in [0.15, 0.2) is 0 Å². The second-order valence-electron chi connectivity index (χ2n) is 5.66. The van der Waals surface area contributed by atoms with Gasteiger partial charge in [-0.2, -0.15) is 0 Å². The van der Waals surface area contributed by atoms with E-state index in [1.807, 2.05) is 20.8 Å². The summed E-state index contributed by atoms with van der Waals surface area (Å²) in [6.07, 6.45) is 3.51. The zero-order valence-corrected chi connectivity index (χ0v) is 11.2. The summed E-state index contributed by atoms with van der Waals surface area (Å²) >= 11 is 0. The summed E-state index contributed by atoms with van der Waals surface area (Å²) in [6.45, 7) is 5.62. The predicted octanol–water partition coefficient (Wildman–Crippen LogP) is 2.05. The third kappa shape index (κ3) is 4.52. The van der Waals surface area contributed by atoms with Crippen LogP contribution < -0.4 is 5.90 Å². The van der Waals surface area contributed by atoms with Crippen molar-refractivity contribution in [2.75, 3.05) is 7.05 Å². The topological polar surface area (TPSA) is 64.8 Å². The molecule has 0 heterocycles. The first-order valence-corrected chi connectivity index (χ1v) is 6.15. The molecule has 17 heavy (non-hydrogen) atoms. The van der Waals surface area contributed by atoms with Crippen molar-refractivity contribution in [3.05, 3.63) is 0 Å². The van der Waals surface area contributed by atoms with Gasteiger partial charge in [0.25, 0.3) is 0 Å². The largest absolute Gasteiger partial charge is 0.444 e. The third-order valence-electron chi connectivity index (χ3n) is 3.07. The first kappa shape index (κ1) is 14.3. The van der Waals surface area contributed by atoms with Crippen LogP contribution in [0.25, 0.3) is 0 Å². The van der Waals surface area contributed by atoms with E-state index in [0.717, 1.165) is 25.7 Å². The lowest BCUT2D eigenvalue weighted by Crippen LogP contribution is -2.43. The minimum absolute atomic E-state index is 0.137. The van der Waals surface area contributed by atoms with E-state index in [1.165, 1.54) is 0 Å². The molecule has 1 amide bonds. The zero-order valence-electron chi connectivity index (χ0n) is 11.2. The molecule has 0 bridgehead atoms. The molecule has 0 aliphatic heterocycles. The van der Waals surface area contributed by atoms with E-state index in [9.17, 15) is 4.79 Å². The Kier molecular flexibility index (Phi) is 4.77. The van der Waals surface area contributed by atoms with Crippen molar-refractivity contribution in [3.63, 3.8) is 0 Å². The number of nitrogens with zero attached hydrogens (tertiary/aromatic N) is 1. The van der Waals surface area contributed by atoms with Gasteiger partial charge in [0, 0.05) is 13.1 Å². The van der Waals surface area contributed by atoms with Gasteiger partial charge in [-0.1, -0.05) is 0 Å². The standard InChI is InChI=1S/C12H24N2O3/c1-12(2,3)16-11(15)14(4)9-5-7-10(17-13)8-6-9/h9-10H,5-8,13H2,1-4H3. The Morgan fingerprint density at radius 2 is 1.76 bits per heavy atom. The molecule has 0 aromatic rings. The predicted molar refractivity (Wildman–Crippen MR) is 65.3 cm³/mol. The molecule has 1 aliphatic rings. The van der Waals surface area contributed by atoms with Gasteiger partial charge in [0.1, 0.15) is 5.60 Å². The van der Waals surface area contributed by atoms with Gasteiger partial charge < -0.3 is 14.5 Å². The van der Waals surface area contributed by atoms with E-state index in [-0.39, 0.29) is 18.2 Å². The van der Waals surface area contributed by atoms with Gasteiger partial charge in [-0.05, 0) is 46.5 Å². The maximum atomic E-state index is 11.9. The van der Waals surface area contributed by atoms with E-state index in [0.29, 0.717) is 0 Å². The van der Waals surface area contributed by atoms with E-state index in [4.69, 9.17) is 15.5 Å². The van der Waals surface area contributed by atoms with Crippen molar-refractivity contribution in [2.45, 2.75) is 64.2 Å². The van der Waals surface area contributed by atoms with Crippen molar-refractivity contribution in [1.29, 1.82) is 0 Å². The highest BCUT2D eigenvalue weighted by Crippen LogP contribution is 2.24. The Morgan fingerprint density at radius 3 is 2.18 bits per heavy atom. The molecule has 1 fully saturated rings. The van der Waals surface area contributed by atoms with E-state index in [1.54, 1.807) is 11.9 Å². The van der Waals surface area contributed by atoms with Crippen LogP contribution in [0.4, 0.5) is 4.79 Å². The fourth-order valence-electron chi connectivity index (χ4n) is 2.05. The molecular weight excluding hydrogens is 220 g/mol. The number of rotatable bonds is 2. The molecule has 0 spiro atoms. The molecular formula is C12H24N2O3. The highest BCUT2D eigenvalue weighted by molar-refractivity contribution is 5.68. The van der Waals surface area contributed by atoms with Gasteiger partial charge in [-0.25, -0.2) is 10.7 Å². The molecule has 1 aliphatic carbocycles. The van der Waals surface area contributed by atoms with Crippen molar-refractivity contribution in [1.82, 2.24) is 4.90 Å². The van der Waals surface area contributed by atoms with Crippen LogP contribution in [0.3, 0.4) is 0 Å². The average Bonchev–Trinajstić information content (AvgIpc) is 2.26. The van der Waals surface area contributed by atoms with E-state index in [2.05, 4.69) is 0 Å². The SMILES string of the molecule is CN(C(=O)OC(C)(C)C)C1CCC(ON)CC1. The lowest BCUT2D eigenvalue weighted by molar-refractivity contribution is -0.00551. The molecule has 0 atom stereocenters. The lowest BCUT2D eigenvalue weighted by Gasteiger charge is -2.34. The summed E-state index contributed by atoms with van der Waals surface area (Å²) in [5.41, 5.74) is -0.442. The molecule has 0 radical (unpaired) electrons. The van der Waals surface area contributed by atoms with Gasteiger partial charge in [0.15, 0.2) is 0 Å². The Balaban J connectivity index is 2.43. The highest BCUT2D eigenvalue weighted by atomic mass is 16.6. The highest BCUT2D eigenvalue weighted by Gasteiger charge is 2.29. The van der Waals surface area contributed by atoms with Crippen molar-refractivity contribution in [2.24, 2.45) is 5.90 Å². The summed E-state index contributed by atoms with van der Waals surface area (Å²) in [7, 11) is 1.79. The first-order valence-electron chi connectivity index (χ1n) is 6.15. The molecule has 5 nitrogen and oxygen atoms in total. The number of hydrogen-bond acceptors (Lipinski definition) is 4. The summed E-state index contributed by atoms with van der Waals surface area (Å²) in [4.78, 5) is 18.4. The molecule has 0 aromatic carbocycles. The monoisotopic (exact) mass is 244 g/mol. The number of carbonyl (C=O) groups is 1.